The number of rotatable bonds is 12. The number of carbonyl (C=O) groups is 3. The van der Waals surface area contributed by atoms with Gasteiger partial charge in [0, 0.05) is 32.4 Å². The fourth-order valence-corrected chi connectivity index (χ4v) is 2.64. The zero-order chi connectivity index (χ0) is 23.9. The van der Waals surface area contributed by atoms with Gasteiger partial charge >= 0.3 is 11.8 Å². The van der Waals surface area contributed by atoms with Crippen LogP contribution in [0.4, 0.5) is 0 Å². The first-order valence-electron chi connectivity index (χ1n) is 10.3. The molecular weight excluding hydrogens is 428 g/mol. The zero-order valence-corrected chi connectivity index (χ0v) is 18.6. The highest BCUT2D eigenvalue weighted by atomic mass is 16.5. The third-order valence-electron chi connectivity index (χ3n) is 4.30. The molecule has 0 saturated heterocycles. The van der Waals surface area contributed by atoms with E-state index < -0.39 is 11.8 Å². The molecule has 0 bridgehead atoms. The lowest BCUT2D eigenvalue weighted by Gasteiger charge is -2.13. The highest BCUT2D eigenvalue weighted by Gasteiger charge is 2.14. The molecule has 2 aromatic rings. The van der Waals surface area contributed by atoms with Crippen LogP contribution in [0.5, 0.6) is 11.5 Å². The van der Waals surface area contributed by atoms with Crippen LogP contribution in [0.1, 0.15) is 17.5 Å². The van der Waals surface area contributed by atoms with Crippen molar-refractivity contribution in [3.8, 4) is 11.5 Å². The minimum Gasteiger partial charge on any atom is -0.493 e. The van der Waals surface area contributed by atoms with E-state index in [1.807, 2.05) is 30.3 Å². The summed E-state index contributed by atoms with van der Waals surface area (Å²) in [6.45, 7) is 0.917. The standard InChI is InChI=1S/C23H28N4O6/c1-31-13-7-12-24-22(29)23(30)27-26-15-18-10-6-11-19(32-2)21(18)33-16-20(28)25-14-17-8-4-3-5-9-17/h3-6,8-11,15H,7,12-14,16H2,1-2H3,(H,24,29)(H,25,28)(H,27,30)/b26-15-. The van der Waals surface area contributed by atoms with Gasteiger partial charge in [-0.05, 0) is 24.1 Å². The third-order valence-corrected chi connectivity index (χ3v) is 4.30. The third kappa shape index (κ3) is 8.99. The molecule has 0 radical (unpaired) electrons. The molecule has 176 valence electrons. The topological polar surface area (TPSA) is 127 Å². The van der Waals surface area contributed by atoms with Crippen molar-refractivity contribution in [1.82, 2.24) is 16.1 Å². The van der Waals surface area contributed by atoms with Gasteiger partial charge in [-0.25, -0.2) is 5.43 Å². The van der Waals surface area contributed by atoms with Gasteiger partial charge in [-0.2, -0.15) is 5.10 Å². The van der Waals surface area contributed by atoms with Crippen molar-refractivity contribution in [2.75, 3.05) is 34.0 Å². The Bertz CT molecular complexity index is 949. The first kappa shape index (κ1) is 25.3. The number of benzene rings is 2. The maximum atomic E-state index is 12.2. The molecule has 3 amide bonds. The predicted molar refractivity (Wildman–Crippen MR) is 122 cm³/mol. The maximum Gasteiger partial charge on any atom is 0.329 e. The first-order valence-corrected chi connectivity index (χ1v) is 10.3. The highest BCUT2D eigenvalue weighted by Crippen LogP contribution is 2.30. The summed E-state index contributed by atoms with van der Waals surface area (Å²) in [5, 5.41) is 9.03. The Morgan fingerprint density at radius 1 is 0.970 bits per heavy atom. The molecule has 0 aliphatic carbocycles. The van der Waals surface area contributed by atoms with E-state index in [0.717, 1.165) is 5.56 Å². The Balaban J connectivity index is 1.92. The molecule has 0 fully saturated rings. The van der Waals surface area contributed by atoms with E-state index in [1.54, 1.807) is 25.3 Å². The largest absolute Gasteiger partial charge is 0.493 e. The monoisotopic (exact) mass is 456 g/mol. The molecule has 0 spiro atoms. The van der Waals surface area contributed by atoms with Crippen molar-refractivity contribution in [3.05, 3.63) is 59.7 Å². The number of hydrogen-bond acceptors (Lipinski definition) is 7. The normalized spacial score (nSPS) is 10.5. The van der Waals surface area contributed by atoms with Crippen LogP contribution in [0.25, 0.3) is 0 Å². The Morgan fingerprint density at radius 3 is 2.48 bits per heavy atom. The minimum absolute atomic E-state index is 0.246. The number of hydrazone groups is 1. The quantitative estimate of drug-likeness (QED) is 0.189. The van der Waals surface area contributed by atoms with Gasteiger partial charge in [-0.3, -0.25) is 14.4 Å². The number of nitrogens with zero attached hydrogens (tertiary/aromatic N) is 1. The molecule has 0 saturated carbocycles. The number of para-hydroxylation sites is 1. The molecule has 10 heteroatoms. The summed E-state index contributed by atoms with van der Waals surface area (Å²) in [6, 6.07) is 14.5. The molecule has 0 heterocycles. The van der Waals surface area contributed by atoms with Gasteiger partial charge in [-0.1, -0.05) is 36.4 Å². The van der Waals surface area contributed by atoms with Gasteiger partial charge in [0.25, 0.3) is 5.91 Å². The lowest BCUT2D eigenvalue weighted by Crippen LogP contribution is -2.38. The van der Waals surface area contributed by atoms with E-state index in [1.165, 1.54) is 13.3 Å². The average molecular weight is 456 g/mol. The smallest absolute Gasteiger partial charge is 0.329 e. The van der Waals surface area contributed by atoms with E-state index in [2.05, 4.69) is 21.2 Å². The van der Waals surface area contributed by atoms with E-state index in [0.29, 0.717) is 37.4 Å². The number of carbonyl (C=O) groups excluding carboxylic acids is 3. The average Bonchev–Trinajstić information content (AvgIpc) is 2.84. The predicted octanol–water partition coefficient (Wildman–Crippen LogP) is 0.993. The molecule has 2 aromatic carbocycles. The summed E-state index contributed by atoms with van der Waals surface area (Å²) in [4.78, 5) is 35.7. The molecule has 0 aliphatic heterocycles. The number of ether oxygens (including phenoxy) is 3. The molecular formula is C23H28N4O6. The van der Waals surface area contributed by atoms with Gasteiger partial charge in [0.2, 0.25) is 0 Å². The van der Waals surface area contributed by atoms with Crippen molar-refractivity contribution >= 4 is 23.9 Å². The van der Waals surface area contributed by atoms with Crippen molar-refractivity contribution in [3.63, 3.8) is 0 Å². The summed E-state index contributed by atoms with van der Waals surface area (Å²) < 4.78 is 15.8. The van der Waals surface area contributed by atoms with Gasteiger partial charge < -0.3 is 24.8 Å². The van der Waals surface area contributed by atoms with Gasteiger partial charge in [-0.15, -0.1) is 0 Å². The Kier molecular flexibility index (Phi) is 10.9. The number of amides is 3. The molecule has 10 nitrogen and oxygen atoms in total. The SMILES string of the molecule is COCCCNC(=O)C(=O)N/N=C\c1cccc(OC)c1OCC(=O)NCc1ccccc1. The van der Waals surface area contributed by atoms with Crippen LogP contribution in [0.3, 0.4) is 0 Å². The van der Waals surface area contributed by atoms with Gasteiger partial charge in [0.1, 0.15) is 0 Å². The second-order valence-electron chi connectivity index (χ2n) is 6.73. The summed E-state index contributed by atoms with van der Waals surface area (Å²) >= 11 is 0. The molecule has 0 aromatic heterocycles. The Labute approximate surface area is 192 Å². The summed E-state index contributed by atoms with van der Waals surface area (Å²) in [6.07, 6.45) is 1.89. The molecule has 0 atom stereocenters. The highest BCUT2D eigenvalue weighted by molar-refractivity contribution is 6.35. The molecule has 3 N–H and O–H groups in total. The Hall–Kier alpha value is -3.92. The summed E-state index contributed by atoms with van der Waals surface area (Å²) in [5.74, 6) is -1.37. The summed E-state index contributed by atoms with van der Waals surface area (Å²) in [5.41, 5.74) is 3.57. The van der Waals surface area contributed by atoms with Gasteiger partial charge in [0.15, 0.2) is 18.1 Å². The van der Waals surface area contributed by atoms with Crippen LogP contribution in [0.2, 0.25) is 0 Å². The molecule has 0 aliphatic rings. The lowest BCUT2D eigenvalue weighted by atomic mass is 10.2. The molecule has 0 unspecified atom stereocenters. The van der Waals surface area contributed by atoms with Crippen LogP contribution < -0.4 is 25.5 Å². The van der Waals surface area contributed by atoms with Crippen LogP contribution in [-0.2, 0) is 25.7 Å². The first-order chi connectivity index (χ1) is 16.0. The zero-order valence-electron chi connectivity index (χ0n) is 18.6. The van der Waals surface area contributed by atoms with Crippen LogP contribution >= 0.6 is 0 Å². The lowest BCUT2D eigenvalue weighted by molar-refractivity contribution is -0.139. The van der Waals surface area contributed by atoms with Gasteiger partial charge in [0.05, 0.1) is 13.3 Å². The van der Waals surface area contributed by atoms with Crippen molar-refractivity contribution in [1.29, 1.82) is 0 Å². The summed E-state index contributed by atoms with van der Waals surface area (Å²) in [7, 11) is 3.02. The maximum absolute atomic E-state index is 12.2. The van der Waals surface area contributed by atoms with E-state index >= 15 is 0 Å². The fraction of sp³-hybridized carbons (Fsp3) is 0.304. The van der Waals surface area contributed by atoms with Crippen molar-refractivity contribution in [2.45, 2.75) is 13.0 Å². The van der Waals surface area contributed by atoms with Crippen LogP contribution in [0.15, 0.2) is 53.6 Å². The molecule has 33 heavy (non-hydrogen) atoms. The number of nitrogens with one attached hydrogen (secondary N) is 3. The number of methoxy groups -OCH3 is 2. The number of hydrogen-bond donors (Lipinski definition) is 3. The second kappa shape index (κ2) is 14.2. The van der Waals surface area contributed by atoms with Crippen LogP contribution in [-0.4, -0.2) is 57.9 Å². The van der Waals surface area contributed by atoms with E-state index in [9.17, 15) is 14.4 Å². The second-order valence-corrected chi connectivity index (χ2v) is 6.73. The van der Waals surface area contributed by atoms with Crippen molar-refractivity contribution in [2.24, 2.45) is 5.10 Å². The van der Waals surface area contributed by atoms with E-state index in [-0.39, 0.29) is 18.3 Å². The van der Waals surface area contributed by atoms with Crippen LogP contribution in [0, 0.1) is 0 Å². The Morgan fingerprint density at radius 2 is 1.76 bits per heavy atom. The van der Waals surface area contributed by atoms with E-state index in [4.69, 9.17) is 14.2 Å². The van der Waals surface area contributed by atoms with Crippen molar-refractivity contribution < 1.29 is 28.6 Å². The minimum atomic E-state index is -0.908. The molecule has 2 rings (SSSR count). The fourth-order valence-electron chi connectivity index (χ4n) is 2.64.